The number of hydrogen-bond acceptors (Lipinski definition) is 8. The first-order valence-electron chi connectivity index (χ1n) is 14.3. The number of nitrogens with one attached hydrogen (secondary N) is 1. The number of amides is 1. The van der Waals surface area contributed by atoms with Gasteiger partial charge in [0.1, 0.15) is 11.9 Å². The van der Waals surface area contributed by atoms with E-state index < -0.39 is 72.4 Å². The Morgan fingerprint density at radius 1 is 1.19 bits per heavy atom. The Kier molecular flexibility index (Phi) is 7.24. The number of nitriles is 1. The minimum Gasteiger partial charge on any atom is -0.379 e. The number of methoxy groups -OCH3 is 1. The summed E-state index contributed by atoms with van der Waals surface area (Å²) in [6.45, 7) is 0.0208. The molecule has 0 radical (unpaired) electrons. The minimum atomic E-state index is -5.40. The second-order valence-electron chi connectivity index (χ2n) is 11.8. The van der Waals surface area contributed by atoms with Gasteiger partial charge in [-0.15, -0.1) is 0 Å². The topological polar surface area (TPSA) is 115 Å². The molecule has 14 heteroatoms. The van der Waals surface area contributed by atoms with E-state index in [4.69, 9.17) is 4.74 Å². The highest BCUT2D eigenvalue weighted by molar-refractivity contribution is 5.93. The van der Waals surface area contributed by atoms with Crippen molar-refractivity contribution in [3.05, 3.63) is 53.3 Å². The van der Waals surface area contributed by atoms with Gasteiger partial charge in [0.2, 0.25) is 5.92 Å². The van der Waals surface area contributed by atoms with E-state index in [-0.39, 0.29) is 31.0 Å². The third-order valence-electron chi connectivity index (χ3n) is 9.32. The van der Waals surface area contributed by atoms with Crippen molar-refractivity contribution in [2.45, 2.75) is 92.4 Å². The summed E-state index contributed by atoms with van der Waals surface area (Å²) >= 11 is 0. The highest BCUT2D eigenvalue weighted by Gasteiger charge is 2.71. The SMILES string of the molecule is CO[C@H]1CN(C#N)[C@@H]2C1c1cc(C3CC3)ccc1N(C(C(=O)NC1CCC(F)(F)CC1)(c1cccnn1)C(F)(F)F)C2O. The number of likely N-dealkylation sites (tertiary alicyclic amines) is 1. The number of aliphatic hydroxyl groups excluding tert-OH is 1. The van der Waals surface area contributed by atoms with E-state index in [1.807, 2.05) is 6.19 Å². The van der Waals surface area contributed by atoms with E-state index in [2.05, 4.69) is 15.5 Å². The average Bonchev–Trinajstić information content (AvgIpc) is 3.75. The highest BCUT2D eigenvalue weighted by Crippen LogP contribution is 2.55. The third kappa shape index (κ3) is 4.77. The monoisotopic (exact) mass is 606 g/mol. The zero-order valence-electron chi connectivity index (χ0n) is 23.3. The molecule has 4 aliphatic rings. The average molecular weight is 607 g/mol. The van der Waals surface area contributed by atoms with Crippen molar-refractivity contribution < 1.29 is 36.6 Å². The number of benzene rings is 1. The molecule has 1 aromatic heterocycles. The van der Waals surface area contributed by atoms with Crippen LogP contribution in [0.15, 0.2) is 36.5 Å². The fourth-order valence-corrected chi connectivity index (χ4v) is 7.03. The second kappa shape index (κ2) is 10.6. The third-order valence-corrected chi connectivity index (χ3v) is 9.32. The number of aromatic nitrogens is 2. The first-order chi connectivity index (χ1) is 20.4. The number of anilines is 1. The lowest BCUT2D eigenvalue weighted by Crippen LogP contribution is -2.72. The van der Waals surface area contributed by atoms with Gasteiger partial charge in [-0.2, -0.15) is 28.6 Å². The molecule has 5 atom stereocenters. The van der Waals surface area contributed by atoms with E-state index in [9.17, 15) is 23.9 Å². The highest BCUT2D eigenvalue weighted by atomic mass is 19.4. The molecule has 2 aromatic rings. The fraction of sp³-hybridized carbons (Fsp3) is 0.586. The molecule has 2 saturated carbocycles. The van der Waals surface area contributed by atoms with Gasteiger partial charge in [-0.3, -0.25) is 9.69 Å². The van der Waals surface area contributed by atoms with Crippen LogP contribution in [0.4, 0.5) is 27.6 Å². The normalized spacial score (nSPS) is 28.4. The fourth-order valence-electron chi connectivity index (χ4n) is 7.03. The zero-order valence-corrected chi connectivity index (χ0v) is 23.3. The van der Waals surface area contributed by atoms with Crippen LogP contribution in [0, 0.1) is 11.5 Å². The maximum Gasteiger partial charge on any atom is 0.426 e. The molecule has 3 unspecified atom stereocenters. The Labute approximate surface area is 244 Å². The van der Waals surface area contributed by atoms with Gasteiger partial charge in [-0.05, 0) is 60.9 Å². The Morgan fingerprint density at radius 3 is 2.49 bits per heavy atom. The summed E-state index contributed by atoms with van der Waals surface area (Å²) < 4.78 is 80.9. The smallest absolute Gasteiger partial charge is 0.379 e. The summed E-state index contributed by atoms with van der Waals surface area (Å²) in [5.74, 6) is -4.99. The first kappa shape index (κ1) is 29.5. The molecule has 9 nitrogen and oxygen atoms in total. The maximum absolute atomic E-state index is 15.8. The number of aliphatic hydroxyl groups is 1. The summed E-state index contributed by atoms with van der Waals surface area (Å²) in [5.41, 5.74) is -3.18. The van der Waals surface area contributed by atoms with Gasteiger partial charge in [0.25, 0.3) is 11.4 Å². The van der Waals surface area contributed by atoms with Crippen molar-refractivity contribution in [1.29, 1.82) is 5.26 Å². The van der Waals surface area contributed by atoms with Gasteiger partial charge in [-0.1, -0.05) is 12.1 Å². The van der Waals surface area contributed by atoms with Crippen molar-refractivity contribution >= 4 is 11.6 Å². The number of ether oxygens (including phenoxy) is 1. The van der Waals surface area contributed by atoms with Gasteiger partial charge in [0.15, 0.2) is 6.19 Å². The first-order valence-corrected chi connectivity index (χ1v) is 14.3. The van der Waals surface area contributed by atoms with Crippen LogP contribution in [0.1, 0.15) is 67.2 Å². The van der Waals surface area contributed by atoms with E-state index in [1.54, 1.807) is 12.1 Å². The van der Waals surface area contributed by atoms with Gasteiger partial charge in [0.05, 0.1) is 18.7 Å². The maximum atomic E-state index is 15.8. The lowest BCUT2D eigenvalue weighted by molar-refractivity contribution is -0.204. The summed E-state index contributed by atoms with van der Waals surface area (Å²) in [4.78, 5) is 16.0. The molecule has 1 amide bonds. The van der Waals surface area contributed by atoms with Crippen LogP contribution >= 0.6 is 0 Å². The van der Waals surface area contributed by atoms with Crippen molar-refractivity contribution in [1.82, 2.24) is 20.4 Å². The van der Waals surface area contributed by atoms with Crippen LogP contribution in [-0.4, -0.2) is 76.3 Å². The van der Waals surface area contributed by atoms with Crippen molar-refractivity contribution in [2.75, 3.05) is 18.6 Å². The molecule has 0 spiro atoms. The molecule has 1 aromatic carbocycles. The summed E-state index contributed by atoms with van der Waals surface area (Å²) in [6.07, 6.45) is -4.69. The van der Waals surface area contributed by atoms with Crippen molar-refractivity contribution in [3.63, 3.8) is 0 Å². The molecule has 0 bridgehead atoms. The Morgan fingerprint density at radius 2 is 1.91 bits per heavy atom. The van der Waals surface area contributed by atoms with Crippen LogP contribution in [-0.2, 0) is 15.1 Å². The quantitative estimate of drug-likeness (QED) is 0.376. The van der Waals surface area contributed by atoms with Gasteiger partial charge >= 0.3 is 6.18 Å². The number of carbonyl (C=O) groups is 1. The molecule has 3 heterocycles. The number of hydrogen-bond donors (Lipinski definition) is 2. The predicted octanol–water partition coefficient (Wildman–Crippen LogP) is 3.91. The predicted molar refractivity (Wildman–Crippen MR) is 142 cm³/mol. The molecule has 43 heavy (non-hydrogen) atoms. The summed E-state index contributed by atoms with van der Waals surface area (Å²) in [7, 11) is 1.44. The minimum absolute atomic E-state index is 0.0208. The van der Waals surface area contributed by atoms with Crippen LogP contribution in [0.5, 0.6) is 0 Å². The van der Waals surface area contributed by atoms with E-state index >= 15 is 13.2 Å². The number of nitrogens with zero attached hydrogens (tertiary/aromatic N) is 5. The lowest BCUT2D eigenvalue weighted by atomic mass is 9.78. The molecular weight excluding hydrogens is 575 g/mol. The number of rotatable bonds is 6. The van der Waals surface area contributed by atoms with Crippen LogP contribution in [0.2, 0.25) is 0 Å². The van der Waals surface area contributed by atoms with E-state index in [0.29, 0.717) is 10.5 Å². The molecule has 1 saturated heterocycles. The van der Waals surface area contributed by atoms with E-state index in [0.717, 1.165) is 30.7 Å². The summed E-state index contributed by atoms with van der Waals surface area (Å²) in [6, 6.07) is 4.99. The van der Waals surface area contributed by atoms with Crippen LogP contribution in [0.3, 0.4) is 0 Å². The second-order valence-corrected chi connectivity index (χ2v) is 11.8. The van der Waals surface area contributed by atoms with Gasteiger partial charge in [-0.25, -0.2) is 8.78 Å². The Balaban J connectivity index is 1.56. The number of carbonyl (C=O) groups excluding carboxylic acids is 1. The van der Waals surface area contributed by atoms with Crippen LogP contribution < -0.4 is 10.2 Å². The zero-order chi connectivity index (χ0) is 30.7. The molecule has 2 N–H and O–H groups in total. The van der Waals surface area contributed by atoms with Gasteiger partial charge in [0, 0.05) is 43.8 Å². The Hall–Kier alpha value is -3.57. The lowest BCUT2D eigenvalue weighted by Gasteiger charge is -2.52. The molecule has 6 rings (SSSR count). The molecular formula is C29H31F5N6O3. The van der Waals surface area contributed by atoms with Crippen LogP contribution in [0.25, 0.3) is 0 Å². The van der Waals surface area contributed by atoms with Crippen molar-refractivity contribution in [3.8, 4) is 6.19 Å². The molecule has 2 aliphatic carbocycles. The molecule has 3 fully saturated rings. The molecule has 230 valence electrons. The number of fused-ring (bicyclic) bond motifs is 3. The Bertz CT molecular complexity index is 1410. The standard InChI is InChI=1S/C29H31F5N6O3/c1-43-21-14-39(15-35)24-23(21)19-13-17(16-4-5-16)6-7-20(19)40(25(24)41)28(29(32,33)34,22-3-2-12-36-38-22)26(42)37-18-8-10-27(30,31)11-9-18/h2-3,6-7,12-13,16,18,21,23-25,41H,4-5,8-11,14H2,1H3,(H,37,42)/t21-,23?,24+,25?,28?/m0/s1. The largest absolute Gasteiger partial charge is 0.426 e. The van der Waals surface area contributed by atoms with Gasteiger partial charge < -0.3 is 20.1 Å². The van der Waals surface area contributed by atoms with Crippen molar-refractivity contribution in [2.24, 2.45) is 0 Å². The number of alkyl halides is 5. The number of halogens is 5. The summed E-state index contributed by atoms with van der Waals surface area (Å²) in [5, 5.41) is 31.7. The van der Waals surface area contributed by atoms with E-state index in [1.165, 1.54) is 24.1 Å². The molecule has 2 aliphatic heterocycles.